The molecule has 40 heavy (non-hydrogen) atoms. The second-order valence-corrected chi connectivity index (χ2v) is 11.9. The van der Waals surface area contributed by atoms with E-state index in [1.54, 1.807) is 31.2 Å². The molecule has 1 N–H and O–H groups in total. The van der Waals surface area contributed by atoms with Gasteiger partial charge in [-0.15, -0.1) is 0 Å². The first kappa shape index (κ1) is 31.0. The number of halogens is 1. The summed E-state index contributed by atoms with van der Waals surface area (Å²) in [6.45, 7) is 7.00. The van der Waals surface area contributed by atoms with Gasteiger partial charge < -0.3 is 15.0 Å². The zero-order chi connectivity index (χ0) is 29.4. The van der Waals surface area contributed by atoms with Crippen molar-refractivity contribution in [2.75, 3.05) is 18.0 Å². The minimum absolute atomic E-state index is 0.0164. The molecule has 0 spiro atoms. The van der Waals surface area contributed by atoms with Crippen molar-refractivity contribution in [1.29, 1.82) is 0 Å². The Morgan fingerprint density at radius 1 is 1.00 bits per heavy atom. The van der Waals surface area contributed by atoms with Crippen LogP contribution in [0.15, 0.2) is 77.7 Å². The number of anilines is 1. The van der Waals surface area contributed by atoms with Gasteiger partial charge in [0, 0.05) is 12.6 Å². The Hall–Kier alpha value is -3.56. The standard InChI is InChI=1S/C30H36ClN3O5S/c1-6-22(3)32-30(36)23(4)33(19-24-13-11-10-12-21(24)2)29(35)20-34(25-16-17-28(39-5)27(31)18-25)40(37,38)26-14-8-7-9-15-26/h7-18,22-23H,6,19-20H2,1-5H3,(H,32,36)/t22-,23-/m0/s1. The third-order valence-corrected chi connectivity index (χ3v) is 8.89. The van der Waals surface area contributed by atoms with Gasteiger partial charge in [-0.05, 0) is 68.7 Å². The number of hydrogen-bond acceptors (Lipinski definition) is 5. The minimum Gasteiger partial charge on any atom is -0.495 e. The second kappa shape index (κ2) is 13.7. The van der Waals surface area contributed by atoms with E-state index in [1.807, 2.05) is 45.0 Å². The SMILES string of the molecule is CC[C@H](C)NC(=O)[C@H](C)N(Cc1ccccc1C)C(=O)CN(c1ccc(OC)c(Cl)c1)S(=O)(=O)c1ccccc1. The first-order valence-corrected chi connectivity index (χ1v) is 14.9. The predicted octanol–water partition coefficient (Wildman–Crippen LogP) is 5.18. The van der Waals surface area contributed by atoms with Crippen molar-refractivity contribution in [3.05, 3.63) is 88.9 Å². The Morgan fingerprint density at radius 3 is 2.25 bits per heavy atom. The van der Waals surface area contributed by atoms with Crippen LogP contribution in [0.2, 0.25) is 5.02 Å². The van der Waals surface area contributed by atoms with E-state index in [0.717, 1.165) is 21.9 Å². The van der Waals surface area contributed by atoms with E-state index in [4.69, 9.17) is 16.3 Å². The third kappa shape index (κ3) is 7.34. The molecule has 3 aromatic rings. The number of nitrogens with one attached hydrogen (secondary N) is 1. The number of benzene rings is 3. The fraction of sp³-hybridized carbons (Fsp3) is 0.333. The number of carbonyl (C=O) groups is 2. The molecular weight excluding hydrogens is 550 g/mol. The fourth-order valence-corrected chi connectivity index (χ4v) is 5.76. The van der Waals surface area contributed by atoms with E-state index in [-0.39, 0.29) is 34.1 Å². The lowest BCUT2D eigenvalue weighted by Crippen LogP contribution is -2.52. The van der Waals surface area contributed by atoms with Crippen LogP contribution in [-0.2, 0) is 26.2 Å². The number of aryl methyl sites for hydroxylation is 1. The highest BCUT2D eigenvalue weighted by molar-refractivity contribution is 7.92. The highest BCUT2D eigenvalue weighted by Gasteiger charge is 2.33. The summed E-state index contributed by atoms with van der Waals surface area (Å²) in [5.41, 5.74) is 1.99. The molecule has 0 aromatic heterocycles. The summed E-state index contributed by atoms with van der Waals surface area (Å²) < 4.78 is 34.0. The maximum Gasteiger partial charge on any atom is 0.264 e. The van der Waals surface area contributed by atoms with Gasteiger partial charge in [-0.2, -0.15) is 0 Å². The van der Waals surface area contributed by atoms with Crippen LogP contribution in [0.1, 0.15) is 38.3 Å². The maximum atomic E-state index is 14.0. The summed E-state index contributed by atoms with van der Waals surface area (Å²) in [6, 6.07) is 19.0. The Bertz CT molecular complexity index is 1430. The zero-order valence-corrected chi connectivity index (χ0v) is 25.0. The van der Waals surface area contributed by atoms with Crippen LogP contribution < -0.4 is 14.4 Å². The molecule has 0 aliphatic carbocycles. The average Bonchev–Trinajstić information content (AvgIpc) is 2.95. The highest BCUT2D eigenvalue weighted by atomic mass is 35.5. The van der Waals surface area contributed by atoms with Crippen LogP contribution in [0.25, 0.3) is 0 Å². The van der Waals surface area contributed by atoms with Gasteiger partial charge >= 0.3 is 0 Å². The lowest BCUT2D eigenvalue weighted by Gasteiger charge is -2.33. The minimum atomic E-state index is -4.18. The third-order valence-electron chi connectivity index (χ3n) is 6.80. The largest absolute Gasteiger partial charge is 0.495 e. The van der Waals surface area contributed by atoms with Gasteiger partial charge in [0.1, 0.15) is 18.3 Å². The van der Waals surface area contributed by atoms with Crippen LogP contribution in [0.3, 0.4) is 0 Å². The second-order valence-electron chi connectivity index (χ2n) is 9.59. The van der Waals surface area contributed by atoms with Crippen LogP contribution in [-0.4, -0.2) is 50.9 Å². The van der Waals surface area contributed by atoms with Crippen molar-refractivity contribution < 1.29 is 22.7 Å². The van der Waals surface area contributed by atoms with Crippen molar-refractivity contribution in [2.45, 2.75) is 57.6 Å². The first-order chi connectivity index (χ1) is 19.0. The van der Waals surface area contributed by atoms with E-state index in [2.05, 4.69) is 5.32 Å². The Labute approximate surface area is 241 Å². The van der Waals surface area contributed by atoms with Gasteiger partial charge in [0.2, 0.25) is 11.8 Å². The molecule has 2 atom stereocenters. The van der Waals surface area contributed by atoms with E-state index in [0.29, 0.717) is 5.75 Å². The molecule has 0 saturated carbocycles. The topological polar surface area (TPSA) is 96.0 Å². The molecule has 0 fully saturated rings. The number of ether oxygens (including phenoxy) is 1. The van der Waals surface area contributed by atoms with Crippen LogP contribution >= 0.6 is 11.6 Å². The molecule has 0 saturated heterocycles. The van der Waals surface area contributed by atoms with Crippen molar-refractivity contribution in [2.24, 2.45) is 0 Å². The number of rotatable bonds is 12. The molecule has 0 aliphatic rings. The molecule has 3 rings (SSSR count). The molecule has 214 valence electrons. The van der Waals surface area contributed by atoms with Crippen LogP contribution in [0.4, 0.5) is 5.69 Å². The summed E-state index contributed by atoms with van der Waals surface area (Å²) in [5.74, 6) is -0.493. The van der Waals surface area contributed by atoms with E-state index in [1.165, 1.54) is 36.3 Å². The number of methoxy groups -OCH3 is 1. The summed E-state index contributed by atoms with van der Waals surface area (Å²) in [7, 11) is -2.73. The van der Waals surface area contributed by atoms with Gasteiger partial charge in [0.25, 0.3) is 10.0 Å². The Balaban J connectivity index is 2.06. The van der Waals surface area contributed by atoms with Crippen molar-refractivity contribution in [3.63, 3.8) is 0 Å². The molecular formula is C30H36ClN3O5S. The molecule has 0 heterocycles. The Morgan fingerprint density at radius 2 is 1.65 bits per heavy atom. The van der Waals surface area contributed by atoms with Crippen molar-refractivity contribution in [3.8, 4) is 5.75 Å². The van der Waals surface area contributed by atoms with Gasteiger partial charge in [0.05, 0.1) is 22.7 Å². The number of carbonyl (C=O) groups excluding carboxylic acids is 2. The monoisotopic (exact) mass is 585 g/mol. The summed E-state index contributed by atoms with van der Waals surface area (Å²) in [4.78, 5) is 28.6. The first-order valence-electron chi connectivity index (χ1n) is 13.0. The lowest BCUT2D eigenvalue weighted by molar-refractivity contribution is -0.139. The molecule has 0 aliphatic heterocycles. The highest BCUT2D eigenvalue weighted by Crippen LogP contribution is 2.32. The molecule has 0 bridgehead atoms. The Kier molecular flexibility index (Phi) is 10.6. The molecule has 0 unspecified atom stereocenters. The summed E-state index contributed by atoms with van der Waals surface area (Å²) >= 11 is 6.35. The van der Waals surface area contributed by atoms with E-state index >= 15 is 0 Å². The average molecular weight is 586 g/mol. The molecule has 2 amide bonds. The van der Waals surface area contributed by atoms with Gasteiger partial charge in [0.15, 0.2) is 0 Å². The van der Waals surface area contributed by atoms with Crippen molar-refractivity contribution in [1.82, 2.24) is 10.2 Å². The molecule has 0 radical (unpaired) electrons. The van der Waals surface area contributed by atoms with Gasteiger partial charge in [-0.1, -0.05) is 61.0 Å². The van der Waals surface area contributed by atoms with Crippen LogP contribution in [0, 0.1) is 6.92 Å². The van der Waals surface area contributed by atoms with E-state index in [9.17, 15) is 18.0 Å². The number of nitrogens with zero attached hydrogens (tertiary/aromatic N) is 2. The van der Waals surface area contributed by atoms with Crippen LogP contribution in [0.5, 0.6) is 5.75 Å². The molecule has 10 heteroatoms. The summed E-state index contributed by atoms with van der Waals surface area (Å²) in [6.07, 6.45) is 0.728. The number of hydrogen-bond donors (Lipinski definition) is 1. The normalized spacial score (nSPS) is 12.8. The number of sulfonamides is 1. The van der Waals surface area contributed by atoms with Crippen molar-refractivity contribution >= 4 is 39.1 Å². The zero-order valence-electron chi connectivity index (χ0n) is 23.4. The van der Waals surface area contributed by atoms with Gasteiger partial charge in [-0.3, -0.25) is 13.9 Å². The quantitative estimate of drug-likeness (QED) is 0.316. The van der Waals surface area contributed by atoms with E-state index < -0.39 is 28.5 Å². The summed E-state index contributed by atoms with van der Waals surface area (Å²) in [5, 5.41) is 3.12. The molecule has 8 nitrogen and oxygen atoms in total. The maximum absolute atomic E-state index is 14.0. The van der Waals surface area contributed by atoms with Gasteiger partial charge in [-0.25, -0.2) is 8.42 Å². The fourth-order valence-electron chi connectivity index (χ4n) is 4.08. The lowest BCUT2D eigenvalue weighted by atomic mass is 10.1. The smallest absolute Gasteiger partial charge is 0.264 e. The predicted molar refractivity (Wildman–Crippen MR) is 158 cm³/mol. The number of amides is 2. The molecule has 3 aromatic carbocycles.